The molecule has 2 rings (SSSR count). The minimum atomic E-state index is -0.556. The van der Waals surface area contributed by atoms with Crippen molar-refractivity contribution in [3.05, 3.63) is 65.5 Å². The van der Waals surface area contributed by atoms with Gasteiger partial charge in [-0.1, -0.05) is 12.1 Å². The zero-order valence-electron chi connectivity index (χ0n) is 11.6. The molecule has 21 heavy (non-hydrogen) atoms. The van der Waals surface area contributed by atoms with Crippen LogP contribution in [0.25, 0.3) is 0 Å². The average molecular weight is 286 g/mol. The predicted octanol–water partition coefficient (Wildman–Crippen LogP) is 3.68. The third-order valence-electron chi connectivity index (χ3n) is 3.17. The van der Waals surface area contributed by atoms with Crippen LogP contribution in [-0.4, -0.2) is 18.7 Å². The summed E-state index contributed by atoms with van der Waals surface area (Å²) in [5.41, 5.74) is 0.539. The first-order chi connectivity index (χ1) is 10.1. The molecule has 0 aliphatic rings. The van der Waals surface area contributed by atoms with Crippen molar-refractivity contribution in [3.63, 3.8) is 0 Å². The molecule has 0 aliphatic heterocycles. The first-order valence-corrected chi connectivity index (χ1v) is 6.57. The summed E-state index contributed by atoms with van der Waals surface area (Å²) in [6, 6.07) is 12.5. The maximum atomic E-state index is 13.5. The van der Waals surface area contributed by atoms with Crippen molar-refractivity contribution in [2.75, 3.05) is 7.11 Å². The van der Waals surface area contributed by atoms with Crippen LogP contribution in [0.15, 0.2) is 48.5 Å². The van der Waals surface area contributed by atoms with Gasteiger partial charge in [0.2, 0.25) is 0 Å². The maximum Gasteiger partial charge on any atom is 0.166 e. The number of carbonyl (C=O) groups excluding carboxylic acids is 2. The lowest BCUT2D eigenvalue weighted by molar-refractivity contribution is 0.0915. The Morgan fingerprint density at radius 2 is 1.57 bits per heavy atom. The van der Waals surface area contributed by atoms with E-state index >= 15 is 0 Å². The van der Waals surface area contributed by atoms with Crippen molar-refractivity contribution in [3.8, 4) is 5.75 Å². The number of carbonyl (C=O) groups is 2. The lowest BCUT2D eigenvalue weighted by atomic mass is 10.0. The number of Topliss-reactive ketones (excluding diaryl/α,β-unsaturated/α-hetero) is 2. The van der Waals surface area contributed by atoms with Gasteiger partial charge in [0.15, 0.2) is 11.6 Å². The zero-order valence-corrected chi connectivity index (χ0v) is 11.6. The van der Waals surface area contributed by atoms with E-state index < -0.39 is 5.82 Å². The van der Waals surface area contributed by atoms with E-state index in [0.29, 0.717) is 11.3 Å². The first-order valence-electron chi connectivity index (χ1n) is 6.57. The summed E-state index contributed by atoms with van der Waals surface area (Å²) < 4.78 is 18.5. The molecule has 0 radical (unpaired) electrons. The van der Waals surface area contributed by atoms with Gasteiger partial charge in [-0.2, -0.15) is 0 Å². The van der Waals surface area contributed by atoms with Crippen LogP contribution in [0.2, 0.25) is 0 Å². The largest absolute Gasteiger partial charge is 0.497 e. The second kappa shape index (κ2) is 6.79. The molecular weight excluding hydrogens is 271 g/mol. The molecule has 2 aromatic carbocycles. The third kappa shape index (κ3) is 3.75. The second-order valence-electron chi connectivity index (χ2n) is 4.55. The van der Waals surface area contributed by atoms with E-state index in [1.54, 1.807) is 37.4 Å². The summed E-state index contributed by atoms with van der Waals surface area (Å²) in [6.45, 7) is 0. The minimum Gasteiger partial charge on any atom is -0.497 e. The molecule has 0 aromatic heterocycles. The molecule has 0 bridgehead atoms. The van der Waals surface area contributed by atoms with Gasteiger partial charge in [0.05, 0.1) is 12.7 Å². The van der Waals surface area contributed by atoms with Crippen molar-refractivity contribution in [1.29, 1.82) is 0 Å². The van der Waals surface area contributed by atoms with E-state index in [1.165, 1.54) is 18.2 Å². The van der Waals surface area contributed by atoms with Crippen LogP contribution in [0.1, 0.15) is 33.6 Å². The molecule has 0 saturated carbocycles. The molecule has 4 heteroatoms. The molecule has 108 valence electrons. The van der Waals surface area contributed by atoms with Crippen LogP contribution >= 0.6 is 0 Å². The number of rotatable bonds is 6. The van der Waals surface area contributed by atoms with Crippen LogP contribution < -0.4 is 4.74 Å². The van der Waals surface area contributed by atoms with E-state index in [4.69, 9.17) is 4.74 Å². The average Bonchev–Trinajstić information content (AvgIpc) is 2.52. The standard InChI is InChI=1S/C17H15FO3/c1-21-13-8-6-12(7-9-13)16(19)10-11-17(20)14-4-2-3-5-15(14)18/h2-9H,10-11H2,1H3. The van der Waals surface area contributed by atoms with Gasteiger partial charge in [0.1, 0.15) is 11.6 Å². The van der Waals surface area contributed by atoms with Crippen molar-refractivity contribution >= 4 is 11.6 Å². The Balaban J connectivity index is 1.97. The molecule has 0 saturated heterocycles. The van der Waals surface area contributed by atoms with Crippen LogP contribution in [0.4, 0.5) is 4.39 Å². The monoisotopic (exact) mass is 286 g/mol. The van der Waals surface area contributed by atoms with E-state index in [-0.39, 0.29) is 30.0 Å². The molecule has 0 amide bonds. The number of benzene rings is 2. The number of hydrogen-bond donors (Lipinski definition) is 0. The van der Waals surface area contributed by atoms with Crippen molar-refractivity contribution < 1.29 is 18.7 Å². The van der Waals surface area contributed by atoms with E-state index in [0.717, 1.165) is 0 Å². The summed E-state index contributed by atoms with van der Waals surface area (Å²) in [4.78, 5) is 23.9. The molecule has 0 aliphatic carbocycles. The van der Waals surface area contributed by atoms with E-state index in [9.17, 15) is 14.0 Å². The van der Waals surface area contributed by atoms with Gasteiger partial charge in [-0.15, -0.1) is 0 Å². The fourth-order valence-corrected chi connectivity index (χ4v) is 1.97. The van der Waals surface area contributed by atoms with Crippen LogP contribution in [0, 0.1) is 5.82 Å². The fraction of sp³-hybridized carbons (Fsp3) is 0.176. The van der Waals surface area contributed by atoms with Crippen molar-refractivity contribution in [1.82, 2.24) is 0 Å². The van der Waals surface area contributed by atoms with E-state index in [2.05, 4.69) is 0 Å². The van der Waals surface area contributed by atoms with Crippen molar-refractivity contribution in [2.24, 2.45) is 0 Å². The molecule has 0 atom stereocenters. The summed E-state index contributed by atoms with van der Waals surface area (Å²) in [6.07, 6.45) is 0.0469. The highest BCUT2D eigenvalue weighted by Crippen LogP contribution is 2.15. The summed E-state index contributed by atoms with van der Waals surface area (Å²) >= 11 is 0. The van der Waals surface area contributed by atoms with Crippen LogP contribution in [-0.2, 0) is 0 Å². The molecule has 0 heterocycles. The number of hydrogen-bond acceptors (Lipinski definition) is 3. The van der Waals surface area contributed by atoms with Crippen LogP contribution in [0.3, 0.4) is 0 Å². The highest BCUT2D eigenvalue weighted by molar-refractivity contribution is 6.02. The fourth-order valence-electron chi connectivity index (χ4n) is 1.97. The summed E-state index contributed by atoms with van der Waals surface area (Å²) in [7, 11) is 1.55. The van der Waals surface area contributed by atoms with Gasteiger partial charge in [-0.05, 0) is 36.4 Å². The summed E-state index contributed by atoms with van der Waals surface area (Å²) in [5.74, 6) is -0.411. The predicted molar refractivity (Wildman–Crippen MR) is 77.3 cm³/mol. The molecule has 0 N–H and O–H groups in total. The Bertz CT molecular complexity index is 647. The Morgan fingerprint density at radius 3 is 2.19 bits per heavy atom. The molecule has 0 fully saturated rings. The van der Waals surface area contributed by atoms with Gasteiger partial charge >= 0.3 is 0 Å². The van der Waals surface area contributed by atoms with Gasteiger partial charge in [0.25, 0.3) is 0 Å². The highest BCUT2D eigenvalue weighted by atomic mass is 19.1. The van der Waals surface area contributed by atoms with E-state index in [1.807, 2.05) is 0 Å². The maximum absolute atomic E-state index is 13.5. The molecule has 3 nitrogen and oxygen atoms in total. The Hall–Kier alpha value is -2.49. The number of methoxy groups -OCH3 is 1. The Labute approximate surface area is 122 Å². The Morgan fingerprint density at radius 1 is 0.952 bits per heavy atom. The van der Waals surface area contributed by atoms with Crippen molar-refractivity contribution in [2.45, 2.75) is 12.8 Å². The Kier molecular flexibility index (Phi) is 4.82. The normalized spacial score (nSPS) is 10.2. The second-order valence-corrected chi connectivity index (χ2v) is 4.55. The number of halogens is 1. The lowest BCUT2D eigenvalue weighted by Gasteiger charge is -2.04. The molecular formula is C17H15FO3. The summed E-state index contributed by atoms with van der Waals surface area (Å²) in [5, 5.41) is 0. The number of ether oxygens (including phenoxy) is 1. The molecule has 0 unspecified atom stereocenters. The highest BCUT2D eigenvalue weighted by Gasteiger charge is 2.13. The molecule has 0 spiro atoms. The minimum absolute atomic E-state index is 0.00814. The van der Waals surface area contributed by atoms with Gasteiger partial charge in [-0.25, -0.2) is 4.39 Å². The zero-order chi connectivity index (χ0) is 15.2. The third-order valence-corrected chi connectivity index (χ3v) is 3.17. The SMILES string of the molecule is COc1ccc(C(=O)CCC(=O)c2ccccc2F)cc1. The number of ketones is 2. The lowest BCUT2D eigenvalue weighted by Crippen LogP contribution is -2.06. The van der Waals surface area contributed by atoms with Gasteiger partial charge in [-0.3, -0.25) is 9.59 Å². The quantitative estimate of drug-likeness (QED) is 0.761. The van der Waals surface area contributed by atoms with Gasteiger partial charge < -0.3 is 4.74 Å². The van der Waals surface area contributed by atoms with Crippen LogP contribution in [0.5, 0.6) is 5.75 Å². The first kappa shape index (κ1) is 14.9. The topological polar surface area (TPSA) is 43.4 Å². The molecule has 2 aromatic rings. The smallest absolute Gasteiger partial charge is 0.166 e. The van der Waals surface area contributed by atoms with Gasteiger partial charge in [0, 0.05) is 18.4 Å².